The molecule has 3 rings (SSSR count). The van der Waals surface area contributed by atoms with Gasteiger partial charge in [0.25, 0.3) is 0 Å². The fraction of sp³-hybridized carbons (Fsp3) is 0.167. The van der Waals surface area contributed by atoms with Gasteiger partial charge in [0.2, 0.25) is 0 Å². The molecule has 23 heavy (non-hydrogen) atoms. The lowest BCUT2D eigenvalue weighted by Crippen LogP contribution is -2.30. The van der Waals surface area contributed by atoms with Gasteiger partial charge in [0.15, 0.2) is 6.23 Å². The van der Waals surface area contributed by atoms with Crippen LogP contribution in [0.4, 0.5) is 4.39 Å². The molecule has 5 heteroatoms. The summed E-state index contributed by atoms with van der Waals surface area (Å²) < 4.78 is 18.2. The van der Waals surface area contributed by atoms with Crippen LogP contribution in [0.3, 0.4) is 0 Å². The van der Waals surface area contributed by atoms with Gasteiger partial charge in [0, 0.05) is 17.4 Å². The first kappa shape index (κ1) is 15.2. The second-order valence-corrected chi connectivity index (χ2v) is 5.33. The van der Waals surface area contributed by atoms with Crippen molar-refractivity contribution in [2.75, 3.05) is 0 Å². The molecule has 1 heterocycles. The van der Waals surface area contributed by atoms with Crippen molar-refractivity contribution in [3.63, 3.8) is 0 Å². The van der Waals surface area contributed by atoms with Crippen LogP contribution in [0, 0.1) is 5.82 Å². The number of carbonyl (C=O) groups is 1. The fourth-order valence-electron chi connectivity index (χ4n) is 2.31. The number of rotatable bonds is 5. The van der Waals surface area contributed by atoms with Crippen LogP contribution in [-0.2, 0) is 11.3 Å². The number of para-hydroxylation sites is 1. The van der Waals surface area contributed by atoms with E-state index >= 15 is 0 Å². The van der Waals surface area contributed by atoms with E-state index in [-0.39, 0.29) is 5.82 Å². The number of fused-ring (bicyclic) bond motifs is 1. The number of carbonyl (C=O) groups excluding carboxylic acids is 1. The molecule has 1 atom stereocenters. The van der Waals surface area contributed by atoms with Crippen LogP contribution >= 0.6 is 0 Å². The molecule has 0 aliphatic heterocycles. The summed E-state index contributed by atoms with van der Waals surface area (Å²) in [6.07, 6.45) is -0.459. The van der Waals surface area contributed by atoms with Gasteiger partial charge < -0.3 is 9.72 Å². The van der Waals surface area contributed by atoms with Gasteiger partial charge in [-0.2, -0.15) is 0 Å². The highest BCUT2D eigenvalue weighted by atomic mass is 19.1. The zero-order valence-corrected chi connectivity index (χ0v) is 12.7. The number of aromatic amines is 1. The Kier molecular flexibility index (Phi) is 4.39. The molecule has 2 N–H and O–H groups in total. The van der Waals surface area contributed by atoms with E-state index in [9.17, 15) is 9.18 Å². The molecule has 0 amide bonds. The Labute approximate surface area is 133 Å². The molecule has 0 fully saturated rings. The SMILES string of the molecule is CC(NCc1ccc(F)cc1)OC(=O)c1cc2ccccc2[nH]1. The van der Waals surface area contributed by atoms with E-state index in [1.807, 2.05) is 24.3 Å². The van der Waals surface area contributed by atoms with E-state index in [2.05, 4.69) is 10.3 Å². The van der Waals surface area contributed by atoms with Gasteiger partial charge in [-0.05, 0) is 36.8 Å². The van der Waals surface area contributed by atoms with Crippen LogP contribution in [0.5, 0.6) is 0 Å². The van der Waals surface area contributed by atoms with Crippen molar-refractivity contribution in [3.8, 4) is 0 Å². The molecule has 0 aliphatic rings. The Hall–Kier alpha value is -2.66. The maximum Gasteiger partial charge on any atom is 0.356 e. The second-order valence-electron chi connectivity index (χ2n) is 5.33. The molecule has 2 aromatic carbocycles. The largest absolute Gasteiger partial charge is 0.442 e. The van der Waals surface area contributed by atoms with Gasteiger partial charge in [-0.1, -0.05) is 30.3 Å². The van der Waals surface area contributed by atoms with Crippen LogP contribution < -0.4 is 5.32 Å². The first-order chi connectivity index (χ1) is 11.1. The summed E-state index contributed by atoms with van der Waals surface area (Å²) in [5.74, 6) is -0.688. The highest BCUT2D eigenvalue weighted by Gasteiger charge is 2.14. The second kappa shape index (κ2) is 6.62. The number of nitrogens with one attached hydrogen (secondary N) is 2. The Morgan fingerprint density at radius 2 is 1.96 bits per heavy atom. The number of halogens is 1. The van der Waals surface area contributed by atoms with E-state index < -0.39 is 12.2 Å². The van der Waals surface area contributed by atoms with Gasteiger partial charge in [-0.25, -0.2) is 9.18 Å². The standard InChI is InChI=1S/C18H17FN2O2/c1-12(20-11-13-6-8-15(19)9-7-13)23-18(22)17-10-14-4-2-3-5-16(14)21-17/h2-10,12,20-21H,11H2,1H3. The molecular formula is C18H17FN2O2. The third-order valence-corrected chi connectivity index (χ3v) is 3.54. The molecule has 1 unspecified atom stereocenters. The first-order valence-corrected chi connectivity index (χ1v) is 7.38. The summed E-state index contributed by atoms with van der Waals surface area (Å²) in [6, 6.07) is 15.6. The minimum Gasteiger partial charge on any atom is -0.442 e. The molecule has 1 aromatic heterocycles. The predicted molar refractivity (Wildman–Crippen MR) is 86.4 cm³/mol. The zero-order valence-electron chi connectivity index (χ0n) is 12.7. The molecule has 3 aromatic rings. The Balaban J connectivity index is 1.57. The summed E-state index contributed by atoms with van der Waals surface area (Å²) in [6.45, 7) is 2.24. The van der Waals surface area contributed by atoms with Crippen molar-refractivity contribution >= 4 is 16.9 Å². The van der Waals surface area contributed by atoms with E-state index in [0.717, 1.165) is 16.5 Å². The number of hydrogen-bond donors (Lipinski definition) is 2. The third kappa shape index (κ3) is 3.76. The lowest BCUT2D eigenvalue weighted by molar-refractivity contribution is 0.0255. The van der Waals surface area contributed by atoms with E-state index in [4.69, 9.17) is 4.74 Å². The Bertz CT molecular complexity index is 778. The first-order valence-electron chi connectivity index (χ1n) is 7.38. The lowest BCUT2D eigenvalue weighted by atomic mass is 10.2. The van der Waals surface area contributed by atoms with Crippen molar-refractivity contribution < 1.29 is 13.9 Å². The summed E-state index contributed by atoms with van der Waals surface area (Å²) in [4.78, 5) is 15.2. The van der Waals surface area contributed by atoms with Gasteiger partial charge in [-0.15, -0.1) is 0 Å². The van der Waals surface area contributed by atoms with Crippen molar-refractivity contribution in [3.05, 3.63) is 71.7 Å². The molecule has 0 saturated heterocycles. The van der Waals surface area contributed by atoms with Crippen molar-refractivity contribution in [2.45, 2.75) is 19.7 Å². The number of benzene rings is 2. The molecule has 0 saturated carbocycles. The average Bonchev–Trinajstić information content (AvgIpc) is 2.98. The Morgan fingerprint density at radius 3 is 2.70 bits per heavy atom. The van der Waals surface area contributed by atoms with Crippen LogP contribution in [0.2, 0.25) is 0 Å². The monoisotopic (exact) mass is 312 g/mol. The normalized spacial score (nSPS) is 12.3. The number of H-pyrrole nitrogens is 1. The molecule has 0 aliphatic carbocycles. The van der Waals surface area contributed by atoms with E-state index in [0.29, 0.717) is 12.2 Å². The summed E-state index contributed by atoms with van der Waals surface area (Å²) in [7, 11) is 0. The van der Waals surface area contributed by atoms with Crippen molar-refractivity contribution in [1.82, 2.24) is 10.3 Å². The van der Waals surface area contributed by atoms with Gasteiger partial charge >= 0.3 is 5.97 Å². The highest BCUT2D eigenvalue weighted by Crippen LogP contribution is 2.15. The number of aromatic nitrogens is 1. The minimum absolute atomic E-state index is 0.271. The fourth-order valence-corrected chi connectivity index (χ4v) is 2.31. The zero-order chi connectivity index (χ0) is 16.2. The van der Waals surface area contributed by atoms with Crippen LogP contribution in [0.1, 0.15) is 23.0 Å². The molecule has 0 bridgehead atoms. The van der Waals surface area contributed by atoms with Gasteiger partial charge in [0.1, 0.15) is 11.5 Å². The smallest absolute Gasteiger partial charge is 0.356 e. The number of hydrogen-bond acceptors (Lipinski definition) is 3. The van der Waals surface area contributed by atoms with Crippen molar-refractivity contribution in [2.24, 2.45) is 0 Å². The summed E-state index contributed by atoms with van der Waals surface area (Å²) in [5, 5.41) is 4.04. The van der Waals surface area contributed by atoms with Crippen LogP contribution in [0.25, 0.3) is 10.9 Å². The predicted octanol–water partition coefficient (Wildman–Crippen LogP) is 3.60. The van der Waals surface area contributed by atoms with Gasteiger partial charge in [-0.3, -0.25) is 5.32 Å². The third-order valence-electron chi connectivity index (χ3n) is 3.54. The molecular weight excluding hydrogens is 295 g/mol. The molecule has 0 spiro atoms. The molecule has 118 valence electrons. The van der Waals surface area contributed by atoms with Crippen molar-refractivity contribution in [1.29, 1.82) is 0 Å². The highest BCUT2D eigenvalue weighted by molar-refractivity contribution is 5.94. The Morgan fingerprint density at radius 1 is 1.22 bits per heavy atom. The minimum atomic E-state index is -0.459. The van der Waals surface area contributed by atoms with Crippen LogP contribution in [0.15, 0.2) is 54.6 Å². The van der Waals surface area contributed by atoms with Gasteiger partial charge in [0.05, 0.1) is 0 Å². The summed E-state index contributed by atoms with van der Waals surface area (Å²) in [5.41, 5.74) is 2.23. The number of ether oxygens (including phenoxy) is 1. The molecule has 0 radical (unpaired) electrons. The van der Waals surface area contributed by atoms with Crippen LogP contribution in [-0.4, -0.2) is 17.2 Å². The van der Waals surface area contributed by atoms with E-state index in [1.165, 1.54) is 12.1 Å². The maximum absolute atomic E-state index is 12.8. The average molecular weight is 312 g/mol. The number of esters is 1. The topological polar surface area (TPSA) is 54.1 Å². The quantitative estimate of drug-likeness (QED) is 0.559. The molecule has 4 nitrogen and oxygen atoms in total. The van der Waals surface area contributed by atoms with E-state index in [1.54, 1.807) is 25.1 Å². The summed E-state index contributed by atoms with van der Waals surface area (Å²) >= 11 is 0. The maximum atomic E-state index is 12.8. The lowest BCUT2D eigenvalue weighted by Gasteiger charge is -2.14.